The van der Waals surface area contributed by atoms with Gasteiger partial charge in [-0.3, -0.25) is 9.78 Å². The van der Waals surface area contributed by atoms with Gasteiger partial charge in [-0.1, -0.05) is 37.8 Å². The zero-order chi connectivity index (χ0) is 20.9. The summed E-state index contributed by atoms with van der Waals surface area (Å²) in [7, 11) is 0. The number of hydrogen-bond acceptors (Lipinski definition) is 3. The van der Waals surface area contributed by atoms with Crippen molar-refractivity contribution in [3.8, 4) is 5.75 Å². The van der Waals surface area contributed by atoms with Gasteiger partial charge in [-0.15, -0.1) is 0 Å². The van der Waals surface area contributed by atoms with Crippen molar-refractivity contribution in [1.29, 1.82) is 0 Å². The molecule has 3 aromatic rings. The average Bonchev–Trinajstić information content (AvgIpc) is 3.21. The minimum absolute atomic E-state index is 0.115. The quantitative estimate of drug-likeness (QED) is 0.416. The van der Waals surface area contributed by atoms with Gasteiger partial charge in [0, 0.05) is 21.8 Å². The van der Waals surface area contributed by atoms with Crippen LogP contribution in [-0.2, 0) is 12.8 Å². The fourth-order valence-corrected chi connectivity index (χ4v) is 4.21. The monoisotopic (exact) mass is 422 g/mol. The van der Waals surface area contributed by atoms with Crippen LogP contribution in [0.25, 0.3) is 10.9 Å². The Balaban J connectivity index is 1.50. The Hall–Kier alpha value is -2.59. The smallest absolute Gasteiger partial charge is 0.256 e. The minimum atomic E-state index is -0.115. The number of benzene rings is 2. The lowest BCUT2D eigenvalue weighted by Gasteiger charge is -2.13. The maximum Gasteiger partial charge on any atom is 0.256 e. The number of carbonyl (C=O) groups is 1. The van der Waals surface area contributed by atoms with Crippen LogP contribution in [0.2, 0.25) is 5.02 Å². The van der Waals surface area contributed by atoms with Crippen LogP contribution in [-0.4, -0.2) is 17.5 Å². The van der Waals surface area contributed by atoms with Crippen LogP contribution in [0.3, 0.4) is 0 Å². The summed E-state index contributed by atoms with van der Waals surface area (Å²) in [6.45, 7) is 2.92. The van der Waals surface area contributed by atoms with Gasteiger partial charge >= 0.3 is 0 Å². The predicted octanol–water partition coefficient (Wildman–Crippen LogP) is 6.59. The highest BCUT2D eigenvalue weighted by Crippen LogP contribution is 2.32. The van der Waals surface area contributed by atoms with E-state index in [1.165, 1.54) is 19.3 Å². The number of rotatable bonds is 8. The second-order valence-corrected chi connectivity index (χ2v) is 8.25. The van der Waals surface area contributed by atoms with E-state index in [-0.39, 0.29) is 5.91 Å². The number of amides is 1. The topological polar surface area (TPSA) is 51.2 Å². The number of aromatic nitrogens is 1. The lowest BCUT2D eigenvalue weighted by Crippen LogP contribution is -2.15. The van der Waals surface area contributed by atoms with Gasteiger partial charge in [0.25, 0.3) is 5.91 Å². The van der Waals surface area contributed by atoms with Crippen molar-refractivity contribution < 1.29 is 9.53 Å². The summed E-state index contributed by atoms with van der Waals surface area (Å²) in [6.07, 6.45) is 7.53. The lowest BCUT2D eigenvalue weighted by atomic mass is 10.0. The number of ether oxygens (including phenoxy) is 1. The number of unbranched alkanes of at least 4 members (excludes halogenated alkanes) is 3. The number of anilines is 1. The third kappa shape index (κ3) is 4.59. The molecule has 156 valence electrons. The summed E-state index contributed by atoms with van der Waals surface area (Å²) in [5.41, 5.74) is 4.34. The molecule has 0 spiro atoms. The molecule has 0 fully saturated rings. The Kier molecular flexibility index (Phi) is 6.53. The molecule has 4 rings (SSSR count). The van der Waals surface area contributed by atoms with Crippen molar-refractivity contribution in [2.24, 2.45) is 0 Å². The van der Waals surface area contributed by atoms with E-state index in [9.17, 15) is 4.79 Å². The standard InChI is InChI=1S/C25H27ClN2O2/c1-2-3-4-5-15-30-19-12-10-18(11-13-19)27-25(29)24-20-7-6-8-22(20)28-23-14-9-17(26)16-21(23)24/h9-14,16H,2-8,15H2,1H3,(H,27,29). The molecule has 0 atom stereocenters. The molecule has 1 amide bonds. The van der Waals surface area contributed by atoms with Crippen molar-refractivity contribution in [3.63, 3.8) is 0 Å². The Bertz CT molecular complexity index is 1050. The first kappa shape index (κ1) is 20.7. The van der Waals surface area contributed by atoms with Crippen molar-refractivity contribution >= 4 is 34.1 Å². The van der Waals surface area contributed by atoms with Crippen molar-refractivity contribution in [1.82, 2.24) is 4.98 Å². The van der Waals surface area contributed by atoms with Crippen LogP contribution in [0.4, 0.5) is 5.69 Å². The van der Waals surface area contributed by atoms with Crippen LogP contribution in [0, 0.1) is 0 Å². The molecule has 30 heavy (non-hydrogen) atoms. The van der Waals surface area contributed by atoms with Crippen molar-refractivity contribution in [2.45, 2.75) is 51.9 Å². The summed E-state index contributed by atoms with van der Waals surface area (Å²) < 4.78 is 5.79. The van der Waals surface area contributed by atoms with Gasteiger partial charge in [-0.25, -0.2) is 0 Å². The molecule has 4 nitrogen and oxygen atoms in total. The molecule has 1 aliphatic rings. The van der Waals surface area contributed by atoms with Crippen molar-refractivity contribution in [3.05, 3.63) is 64.3 Å². The summed E-state index contributed by atoms with van der Waals surface area (Å²) >= 11 is 6.22. The predicted molar refractivity (Wildman–Crippen MR) is 123 cm³/mol. The number of aryl methyl sites for hydroxylation is 1. The number of carbonyl (C=O) groups excluding carboxylic acids is 1. The molecule has 0 saturated carbocycles. The average molecular weight is 423 g/mol. The van der Waals surface area contributed by atoms with Crippen molar-refractivity contribution in [2.75, 3.05) is 11.9 Å². The molecule has 1 aromatic heterocycles. The van der Waals surface area contributed by atoms with Gasteiger partial charge in [0.2, 0.25) is 0 Å². The first-order chi connectivity index (χ1) is 14.7. The molecule has 0 saturated heterocycles. The van der Waals surface area contributed by atoms with E-state index in [1.807, 2.05) is 42.5 Å². The number of nitrogens with zero attached hydrogens (tertiary/aromatic N) is 1. The first-order valence-electron chi connectivity index (χ1n) is 10.8. The highest BCUT2D eigenvalue weighted by molar-refractivity contribution is 6.31. The van der Waals surface area contributed by atoms with Gasteiger partial charge in [-0.05, 0) is 73.7 Å². The molecular formula is C25H27ClN2O2. The zero-order valence-corrected chi connectivity index (χ0v) is 18.1. The van der Waals surface area contributed by atoms with Gasteiger partial charge in [-0.2, -0.15) is 0 Å². The van der Waals surface area contributed by atoms with Gasteiger partial charge < -0.3 is 10.1 Å². The van der Waals surface area contributed by atoms with Gasteiger partial charge in [0.15, 0.2) is 0 Å². The number of nitrogens with one attached hydrogen (secondary N) is 1. The molecule has 2 aromatic carbocycles. The van der Waals surface area contributed by atoms with Gasteiger partial charge in [0.1, 0.15) is 5.75 Å². The van der Waals surface area contributed by atoms with E-state index in [0.717, 1.165) is 65.9 Å². The Morgan fingerprint density at radius 3 is 2.73 bits per heavy atom. The number of hydrogen-bond donors (Lipinski definition) is 1. The summed E-state index contributed by atoms with van der Waals surface area (Å²) in [4.78, 5) is 18.0. The Morgan fingerprint density at radius 1 is 1.10 bits per heavy atom. The third-order valence-electron chi connectivity index (χ3n) is 5.58. The normalized spacial score (nSPS) is 12.7. The third-order valence-corrected chi connectivity index (χ3v) is 5.81. The summed E-state index contributed by atoms with van der Waals surface area (Å²) in [5.74, 6) is 0.711. The lowest BCUT2D eigenvalue weighted by molar-refractivity contribution is 0.102. The summed E-state index contributed by atoms with van der Waals surface area (Å²) in [5, 5.41) is 4.47. The van der Waals surface area contributed by atoms with E-state index < -0.39 is 0 Å². The maximum atomic E-state index is 13.2. The van der Waals surface area contributed by atoms with E-state index >= 15 is 0 Å². The van der Waals surface area contributed by atoms with Crippen LogP contribution >= 0.6 is 11.6 Å². The van der Waals surface area contributed by atoms with E-state index in [2.05, 4.69) is 12.2 Å². The number of fused-ring (bicyclic) bond motifs is 2. The van der Waals surface area contributed by atoms with Gasteiger partial charge in [0.05, 0.1) is 17.7 Å². The second-order valence-electron chi connectivity index (χ2n) is 7.81. The molecule has 1 N–H and O–H groups in total. The SMILES string of the molecule is CCCCCCOc1ccc(NC(=O)c2c3c(nc4ccc(Cl)cc24)CCC3)cc1. The second kappa shape index (κ2) is 9.48. The van der Waals surface area contributed by atoms with Crippen LogP contribution in [0.1, 0.15) is 60.6 Å². The highest BCUT2D eigenvalue weighted by Gasteiger charge is 2.24. The Labute approximate surface area is 182 Å². The van der Waals surface area contributed by atoms with Crippen LogP contribution in [0.5, 0.6) is 5.75 Å². The molecule has 1 heterocycles. The van der Waals surface area contributed by atoms with Crippen LogP contribution in [0.15, 0.2) is 42.5 Å². The largest absolute Gasteiger partial charge is 0.494 e. The fourth-order valence-electron chi connectivity index (χ4n) is 4.04. The van der Waals surface area contributed by atoms with Crippen LogP contribution < -0.4 is 10.1 Å². The highest BCUT2D eigenvalue weighted by atomic mass is 35.5. The molecule has 0 radical (unpaired) electrons. The van der Waals surface area contributed by atoms with E-state index in [4.69, 9.17) is 21.3 Å². The number of pyridine rings is 1. The molecular weight excluding hydrogens is 396 g/mol. The Morgan fingerprint density at radius 2 is 1.93 bits per heavy atom. The maximum absolute atomic E-state index is 13.2. The minimum Gasteiger partial charge on any atom is -0.494 e. The molecule has 5 heteroatoms. The molecule has 0 bridgehead atoms. The number of halogens is 1. The van der Waals surface area contributed by atoms with E-state index in [0.29, 0.717) is 10.6 Å². The summed E-state index contributed by atoms with van der Waals surface area (Å²) in [6, 6.07) is 13.1. The zero-order valence-electron chi connectivity index (χ0n) is 17.3. The first-order valence-corrected chi connectivity index (χ1v) is 11.2. The molecule has 0 unspecified atom stereocenters. The molecule has 0 aliphatic heterocycles. The molecule has 1 aliphatic carbocycles. The fraction of sp³-hybridized carbons (Fsp3) is 0.360. The van der Waals surface area contributed by atoms with E-state index in [1.54, 1.807) is 0 Å².